The molecule has 0 saturated carbocycles. The second-order valence-corrected chi connectivity index (χ2v) is 4.05. The van der Waals surface area contributed by atoms with Gasteiger partial charge in [-0.15, -0.1) is 0 Å². The molecule has 0 amide bonds. The molecule has 0 radical (unpaired) electrons. The Morgan fingerprint density at radius 2 is 2.25 bits per heavy atom. The molecule has 1 aliphatic carbocycles. The van der Waals surface area contributed by atoms with Crippen LogP contribution in [0, 0.1) is 0 Å². The molecule has 16 heavy (non-hydrogen) atoms. The molecule has 0 aliphatic heterocycles. The maximum atomic E-state index is 11.7. The maximum Gasteiger partial charge on any atom is 0.251 e. The summed E-state index contributed by atoms with van der Waals surface area (Å²) >= 11 is 0. The molecule has 0 fully saturated rings. The molecule has 0 N–H and O–H groups in total. The smallest absolute Gasteiger partial charge is 0.251 e. The zero-order valence-electron chi connectivity index (χ0n) is 9.36. The number of carbonyl (C=O) groups excluding carboxylic acids is 1. The second kappa shape index (κ2) is 4.61. The molecule has 86 valence electrons. The number of hydrogen-bond acceptors (Lipinski definition) is 3. The minimum atomic E-state index is -0.0925. The molecule has 4 heteroatoms. The van der Waals surface area contributed by atoms with Crippen LogP contribution in [0.15, 0.2) is 16.9 Å². The fourth-order valence-corrected chi connectivity index (χ4v) is 2.19. The first-order valence-electron chi connectivity index (χ1n) is 5.44. The second-order valence-electron chi connectivity index (χ2n) is 4.05. The highest BCUT2D eigenvalue weighted by atomic mass is 16.5. The summed E-state index contributed by atoms with van der Waals surface area (Å²) < 4.78 is 6.36. The first kappa shape index (κ1) is 11.1. The van der Waals surface area contributed by atoms with Crippen LogP contribution < -0.4 is 5.56 Å². The summed E-state index contributed by atoms with van der Waals surface area (Å²) in [7, 11) is 1.48. The first-order chi connectivity index (χ1) is 7.72. The van der Waals surface area contributed by atoms with Crippen molar-refractivity contribution in [1.82, 2.24) is 4.57 Å². The summed E-state index contributed by atoms with van der Waals surface area (Å²) in [6.07, 6.45) is 2.97. The number of aryl methyl sites for hydroxylation is 1. The molecule has 1 aromatic heterocycles. The highest BCUT2D eigenvalue weighted by molar-refractivity contribution is 5.79. The summed E-state index contributed by atoms with van der Waals surface area (Å²) in [6, 6.07) is 3.42. The summed E-state index contributed by atoms with van der Waals surface area (Å²) in [4.78, 5) is 23.2. The van der Waals surface area contributed by atoms with E-state index >= 15 is 0 Å². The molecule has 4 nitrogen and oxygen atoms in total. The fraction of sp³-hybridized carbons (Fsp3) is 0.500. The van der Waals surface area contributed by atoms with Crippen molar-refractivity contribution < 1.29 is 9.53 Å². The Morgan fingerprint density at radius 1 is 1.44 bits per heavy atom. The number of nitrogens with zero attached hydrogens (tertiary/aromatic N) is 1. The number of fused-ring (bicyclic) bond motifs is 1. The van der Waals surface area contributed by atoms with Crippen molar-refractivity contribution in [3.05, 3.63) is 33.7 Å². The van der Waals surface area contributed by atoms with Gasteiger partial charge in [0.15, 0.2) is 5.78 Å². The van der Waals surface area contributed by atoms with Crippen molar-refractivity contribution >= 4 is 5.78 Å². The van der Waals surface area contributed by atoms with Gasteiger partial charge in [-0.1, -0.05) is 6.07 Å². The lowest BCUT2D eigenvalue weighted by Gasteiger charge is -2.10. The van der Waals surface area contributed by atoms with Crippen molar-refractivity contribution in [2.75, 3.05) is 13.7 Å². The summed E-state index contributed by atoms with van der Waals surface area (Å²) in [5.74, 6) is -0.0649. The number of rotatable bonds is 4. The van der Waals surface area contributed by atoms with Crippen LogP contribution in [0.2, 0.25) is 0 Å². The Kier molecular flexibility index (Phi) is 3.19. The Balaban J connectivity index is 2.30. The van der Waals surface area contributed by atoms with E-state index in [1.54, 1.807) is 10.6 Å². The van der Waals surface area contributed by atoms with Crippen molar-refractivity contribution in [3.8, 4) is 0 Å². The molecule has 1 aromatic rings. The monoisotopic (exact) mass is 221 g/mol. The van der Waals surface area contributed by atoms with Gasteiger partial charge in [-0.2, -0.15) is 0 Å². The lowest BCUT2D eigenvalue weighted by Crippen LogP contribution is -2.28. The van der Waals surface area contributed by atoms with Crippen LogP contribution in [0.5, 0.6) is 0 Å². The van der Waals surface area contributed by atoms with Crippen molar-refractivity contribution in [2.45, 2.75) is 25.8 Å². The number of pyridine rings is 1. The normalized spacial score (nSPS) is 13.8. The van der Waals surface area contributed by atoms with E-state index in [1.165, 1.54) is 12.7 Å². The summed E-state index contributed by atoms with van der Waals surface area (Å²) in [5.41, 5.74) is 2.13. The Bertz CT molecular complexity index is 462. The van der Waals surface area contributed by atoms with Crippen molar-refractivity contribution in [2.24, 2.45) is 0 Å². The predicted molar refractivity (Wildman–Crippen MR) is 59.6 cm³/mol. The predicted octanol–water partition coefficient (Wildman–Crippen LogP) is 0.552. The van der Waals surface area contributed by atoms with Crippen LogP contribution in [0.4, 0.5) is 0 Å². The van der Waals surface area contributed by atoms with Crippen LogP contribution in [-0.2, 0) is 28.9 Å². The van der Waals surface area contributed by atoms with Gasteiger partial charge in [0.05, 0.1) is 6.54 Å². The minimum Gasteiger partial charge on any atom is -0.377 e. The highest BCUT2D eigenvalue weighted by Crippen LogP contribution is 2.19. The van der Waals surface area contributed by atoms with Gasteiger partial charge in [0.1, 0.15) is 6.61 Å². The lowest BCUT2D eigenvalue weighted by molar-refractivity contribution is -0.123. The fourth-order valence-electron chi connectivity index (χ4n) is 2.19. The van der Waals surface area contributed by atoms with Gasteiger partial charge < -0.3 is 9.30 Å². The van der Waals surface area contributed by atoms with E-state index in [2.05, 4.69) is 0 Å². The lowest BCUT2D eigenvalue weighted by atomic mass is 10.2. The number of ether oxygens (including phenoxy) is 1. The summed E-state index contributed by atoms with van der Waals surface area (Å²) in [6.45, 7) is 0.200. The molecule has 2 rings (SSSR count). The standard InChI is InChI=1S/C12H15NO3/c1-16-8-10(14)7-13-11-4-2-3-9(11)5-6-12(13)15/h5-6H,2-4,7-8H2,1H3. The Hall–Kier alpha value is -1.42. The molecular weight excluding hydrogens is 206 g/mol. The number of aromatic nitrogens is 1. The molecule has 1 heterocycles. The number of methoxy groups -OCH3 is 1. The molecule has 0 spiro atoms. The van der Waals surface area contributed by atoms with Gasteiger partial charge in [0.25, 0.3) is 5.56 Å². The van der Waals surface area contributed by atoms with Crippen LogP contribution in [0.25, 0.3) is 0 Å². The van der Waals surface area contributed by atoms with E-state index < -0.39 is 0 Å². The van der Waals surface area contributed by atoms with Crippen LogP contribution in [0.1, 0.15) is 17.7 Å². The molecule has 0 atom stereocenters. The van der Waals surface area contributed by atoms with Crippen LogP contribution >= 0.6 is 0 Å². The average molecular weight is 221 g/mol. The maximum absolute atomic E-state index is 11.7. The van der Waals surface area contributed by atoms with Gasteiger partial charge >= 0.3 is 0 Å². The third kappa shape index (κ3) is 2.07. The first-order valence-corrected chi connectivity index (χ1v) is 5.44. The van der Waals surface area contributed by atoms with Crippen LogP contribution in [-0.4, -0.2) is 24.1 Å². The number of hydrogen-bond donors (Lipinski definition) is 0. The van der Waals surface area contributed by atoms with Crippen LogP contribution in [0.3, 0.4) is 0 Å². The van der Waals surface area contributed by atoms with Gasteiger partial charge in [-0.05, 0) is 24.8 Å². The Labute approximate surface area is 93.8 Å². The van der Waals surface area contributed by atoms with Gasteiger partial charge in [-0.25, -0.2) is 0 Å². The molecule has 0 bridgehead atoms. The van der Waals surface area contributed by atoms with E-state index in [0.29, 0.717) is 0 Å². The quantitative estimate of drug-likeness (QED) is 0.746. The Morgan fingerprint density at radius 3 is 3.00 bits per heavy atom. The van der Waals surface area contributed by atoms with E-state index in [1.807, 2.05) is 6.07 Å². The zero-order valence-corrected chi connectivity index (χ0v) is 9.36. The molecule has 0 aromatic carbocycles. The summed E-state index contributed by atoms with van der Waals surface area (Å²) in [5, 5.41) is 0. The number of ketones is 1. The van der Waals surface area contributed by atoms with E-state index in [0.717, 1.165) is 25.0 Å². The molecule has 1 aliphatic rings. The van der Waals surface area contributed by atoms with Gasteiger partial charge in [0, 0.05) is 18.9 Å². The topological polar surface area (TPSA) is 48.3 Å². The third-order valence-electron chi connectivity index (χ3n) is 2.89. The number of carbonyl (C=O) groups is 1. The van der Waals surface area contributed by atoms with Crippen molar-refractivity contribution in [1.29, 1.82) is 0 Å². The molecule has 0 saturated heterocycles. The molecule has 0 unspecified atom stereocenters. The van der Waals surface area contributed by atoms with E-state index in [4.69, 9.17) is 4.74 Å². The van der Waals surface area contributed by atoms with Gasteiger partial charge in [0.2, 0.25) is 0 Å². The average Bonchev–Trinajstić information content (AvgIpc) is 2.71. The third-order valence-corrected chi connectivity index (χ3v) is 2.89. The molecular formula is C12H15NO3. The largest absolute Gasteiger partial charge is 0.377 e. The number of Topliss-reactive ketones (excluding diaryl/α,β-unsaturated/α-hetero) is 1. The van der Waals surface area contributed by atoms with E-state index in [9.17, 15) is 9.59 Å². The van der Waals surface area contributed by atoms with Gasteiger partial charge in [-0.3, -0.25) is 9.59 Å². The SMILES string of the molecule is COCC(=O)Cn1c2c(ccc1=O)CCC2. The highest BCUT2D eigenvalue weighted by Gasteiger charge is 2.17. The van der Waals surface area contributed by atoms with E-state index in [-0.39, 0.29) is 24.5 Å². The minimum absolute atomic E-state index is 0.0649. The van der Waals surface area contributed by atoms with Crippen molar-refractivity contribution in [3.63, 3.8) is 0 Å². The zero-order chi connectivity index (χ0) is 11.5.